The van der Waals surface area contributed by atoms with E-state index in [-0.39, 0.29) is 62.6 Å². The highest BCUT2D eigenvalue weighted by Crippen LogP contribution is 2.51. The molecular formula is C93H84O15. The van der Waals surface area contributed by atoms with Crippen LogP contribution < -0.4 is 0 Å². The fourth-order valence-electron chi connectivity index (χ4n) is 18.9. The molecule has 3 unspecified atom stereocenters. The summed E-state index contributed by atoms with van der Waals surface area (Å²) in [6.45, 7) is 26.5. The Labute approximate surface area is 626 Å². The highest BCUT2D eigenvalue weighted by atomic mass is 16.3. The molecule has 0 saturated carbocycles. The normalized spacial score (nSPS) is 19.7. The molecule has 5 aromatic heterocycles. The molecule has 0 aliphatic heterocycles. The van der Waals surface area contributed by atoms with Gasteiger partial charge in [0.25, 0.3) is 0 Å². The Balaban J connectivity index is 0.000000103. The molecule has 10 aliphatic carbocycles. The van der Waals surface area contributed by atoms with Gasteiger partial charge in [-0.2, -0.15) is 0 Å². The number of Topliss-reactive ketones (excluding diaryl/α,β-unsaturated/α-hetero) is 8. The maximum atomic E-state index is 12.9. The molecule has 3 atom stereocenters. The molecule has 10 aromatic rings. The van der Waals surface area contributed by atoms with Crippen molar-refractivity contribution in [1.82, 2.24) is 0 Å². The van der Waals surface area contributed by atoms with E-state index in [4.69, 9.17) is 22.1 Å². The van der Waals surface area contributed by atoms with Gasteiger partial charge in [0.2, 0.25) is 52.0 Å². The van der Waals surface area contributed by atoms with E-state index in [1.54, 1.807) is 59.7 Å². The number of carbonyl (C=O) groups excluding carboxylic acids is 10. The molecule has 5 heterocycles. The molecule has 546 valence electrons. The van der Waals surface area contributed by atoms with Gasteiger partial charge in [-0.3, -0.25) is 47.9 Å². The molecule has 0 saturated heterocycles. The first kappa shape index (κ1) is 71.2. The lowest BCUT2D eigenvalue weighted by molar-refractivity contribution is -0.117. The number of aryl methyl sites for hydroxylation is 7. The maximum absolute atomic E-state index is 12.9. The first-order valence-electron chi connectivity index (χ1n) is 37.7. The number of ketones is 10. The quantitative estimate of drug-likeness (QED) is 0.128. The third-order valence-electron chi connectivity index (χ3n) is 24.6. The van der Waals surface area contributed by atoms with E-state index in [1.807, 2.05) is 67.6 Å². The Morgan fingerprint density at radius 2 is 0.824 bits per heavy atom. The van der Waals surface area contributed by atoms with Crippen molar-refractivity contribution in [3.8, 4) is 34.0 Å². The molecule has 0 amide bonds. The number of rotatable bonds is 0. The van der Waals surface area contributed by atoms with E-state index in [0.717, 1.165) is 161 Å². The number of fused-ring (bicyclic) bond motifs is 24. The zero-order chi connectivity index (χ0) is 76.4. The van der Waals surface area contributed by atoms with Crippen molar-refractivity contribution in [2.24, 2.45) is 11.3 Å². The number of hydrogen-bond donors (Lipinski definition) is 0. The summed E-state index contributed by atoms with van der Waals surface area (Å²) in [5.41, 5.74) is 23.6. The van der Waals surface area contributed by atoms with Crippen LogP contribution in [0.15, 0.2) is 126 Å². The van der Waals surface area contributed by atoms with Crippen molar-refractivity contribution in [1.29, 1.82) is 0 Å². The van der Waals surface area contributed by atoms with Gasteiger partial charge in [0, 0.05) is 44.5 Å². The largest absolute Gasteiger partial charge is 0.468 e. The van der Waals surface area contributed by atoms with Crippen molar-refractivity contribution < 1.29 is 70.0 Å². The predicted octanol–water partition coefficient (Wildman–Crippen LogP) is 19.7. The topological polar surface area (TPSA) is 236 Å². The molecule has 0 radical (unpaired) electrons. The number of furan rings is 5. The number of hydrogen-bond acceptors (Lipinski definition) is 15. The average molecular weight is 1440 g/mol. The maximum Gasteiger partial charge on any atom is 0.237 e. The number of benzene rings is 5. The smallest absolute Gasteiger partial charge is 0.237 e. The highest BCUT2D eigenvalue weighted by Gasteiger charge is 2.48. The summed E-state index contributed by atoms with van der Waals surface area (Å²) >= 11 is 0. The Morgan fingerprint density at radius 3 is 1.37 bits per heavy atom. The Morgan fingerprint density at radius 1 is 0.380 bits per heavy atom. The molecule has 0 bridgehead atoms. The summed E-state index contributed by atoms with van der Waals surface area (Å²) < 4.78 is 27.8. The molecule has 0 fully saturated rings. The van der Waals surface area contributed by atoms with E-state index < -0.39 is 29.1 Å². The zero-order valence-corrected chi connectivity index (χ0v) is 63.2. The molecule has 108 heavy (non-hydrogen) atoms. The van der Waals surface area contributed by atoms with Gasteiger partial charge in [0.05, 0.1) is 71.0 Å². The van der Waals surface area contributed by atoms with Gasteiger partial charge in [0.1, 0.15) is 23.0 Å². The Bertz CT molecular complexity index is 5750. The van der Waals surface area contributed by atoms with Crippen LogP contribution in [0.4, 0.5) is 0 Å². The van der Waals surface area contributed by atoms with Gasteiger partial charge in [-0.05, 0) is 236 Å². The SMILES string of the molecule is Cc1cccc2c1C=CC1c3occ(C)c3C(=O)C(=O)C21.Cc1coc2c1C(=O)C(=O)c1c-2ccc2c1CC(C)CC2.Cc1coc2c1C(=O)C(=O)c1c-2ccc2c1CCC(C)(C)C2.Cc1coc2c1C(=O)C(=O)c1c-2ccc2c1CCCC2(C)C.Cc1coc2c1C(=O)c1ccc3c(c1C2=O)CCCC3(C)C. The first-order chi connectivity index (χ1) is 51.4. The first-order valence-corrected chi connectivity index (χ1v) is 37.7. The standard InChI is InChI=1S/3C19H18O3.C18H16O3.C18H14O3/c1-10-9-22-18-13-5-4-11-8-19(2,3)7-6-12(11)15(13)17(21)16(20)14(10)18;1-10-9-22-18-12-6-7-13-11(5-4-8-19(13,2)3)15(12)17(21)16(20)14(10)18;1-10-9-22-18-14(10)16(20)12-6-7-13-11(15(12)17(18)21)5-4-8-19(13,2)3;1-9-3-4-11-5-6-12-15(13(11)7-9)17(20)16(19)14-10(2)8-21-18(12)14;1-9-4-3-5-12-11(9)6-7-13-15(12)17(20)16(19)14-10(2)8-21-18(13)14/h4-5,9H,6-8H2,1-3H3;2*6-7,9H,4-5,8H2,1-3H3;5-6,8-9H,3-4,7H2,1-2H3;3-8,13,15H,1-2H3. The molecule has 10 aliphatic rings. The van der Waals surface area contributed by atoms with Crippen molar-refractivity contribution >= 4 is 63.9 Å². The highest BCUT2D eigenvalue weighted by molar-refractivity contribution is 6.55. The molecule has 20 rings (SSSR count). The number of allylic oxidation sites excluding steroid dienone is 1. The molecule has 15 heteroatoms. The third-order valence-corrected chi connectivity index (χ3v) is 24.6. The Kier molecular flexibility index (Phi) is 17.0. The van der Waals surface area contributed by atoms with Gasteiger partial charge in [0.15, 0.2) is 11.5 Å². The number of carbonyl (C=O) groups is 10. The zero-order valence-electron chi connectivity index (χ0n) is 63.2. The second-order valence-corrected chi connectivity index (χ2v) is 33.4. The molecule has 5 aromatic carbocycles. The van der Waals surface area contributed by atoms with Crippen molar-refractivity contribution in [3.63, 3.8) is 0 Å². The van der Waals surface area contributed by atoms with Crippen LogP contribution in [0.2, 0.25) is 0 Å². The lowest BCUT2D eigenvalue weighted by Gasteiger charge is -2.34. The summed E-state index contributed by atoms with van der Waals surface area (Å²) in [6, 6.07) is 21.9. The van der Waals surface area contributed by atoms with Crippen LogP contribution in [0.25, 0.3) is 40.0 Å². The lowest BCUT2D eigenvalue weighted by Crippen LogP contribution is -2.34. The monoisotopic (exact) mass is 1440 g/mol. The van der Waals surface area contributed by atoms with Crippen LogP contribution in [0.5, 0.6) is 0 Å². The van der Waals surface area contributed by atoms with Crippen LogP contribution >= 0.6 is 0 Å². The second-order valence-electron chi connectivity index (χ2n) is 33.4. The van der Waals surface area contributed by atoms with Crippen LogP contribution in [0.1, 0.15) is 298 Å². The van der Waals surface area contributed by atoms with Crippen LogP contribution in [-0.2, 0) is 54.1 Å². The van der Waals surface area contributed by atoms with Gasteiger partial charge in [-0.25, -0.2) is 0 Å². The Hall–Kier alpha value is -11.1. The van der Waals surface area contributed by atoms with Gasteiger partial charge < -0.3 is 22.1 Å². The van der Waals surface area contributed by atoms with E-state index >= 15 is 0 Å². The fourth-order valence-corrected chi connectivity index (χ4v) is 18.9. The molecule has 15 nitrogen and oxygen atoms in total. The minimum Gasteiger partial charge on any atom is -0.468 e. The van der Waals surface area contributed by atoms with Crippen molar-refractivity contribution in [3.05, 3.63) is 260 Å². The lowest BCUT2D eigenvalue weighted by atomic mass is 9.69. The van der Waals surface area contributed by atoms with E-state index in [1.165, 1.54) is 28.5 Å². The van der Waals surface area contributed by atoms with E-state index in [9.17, 15) is 47.9 Å². The third kappa shape index (κ3) is 11.1. The van der Waals surface area contributed by atoms with Crippen molar-refractivity contribution in [2.75, 3.05) is 0 Å². The average Bonchev–Trinajstić information content (AvgIpc) is 1.38. The minimum atomic E-state index is -0.449. The van der Waals surface area contributed by atoms with Crippen LogP contribution in [0.3, 0.4) is 0 Å². The second kappa shape index (κ2) is 25.8. The fraction of sp³-hybridized carbons (Fsp3) is 0.333. The summed E-state index contributed by atoms with van der Waals surface area (Å²) in [4.78, 5) is 126. The molecule has 0 spiro atoms. The van der Waals surface area contributed by atoms with E-state index in [2.05, 4.69) is 66.7 Å². The summed E-state index contributed by atoms with van der Waals surface area (Å²) in [7, 11) is 0. The van der Waals surface area contributed by atoms with Gasteiger partial charge in [-0.1, -0.05) is 121 Å². The van der Waals surface area contributed by atoms with Crippen LogP contribution in [-0.4, -0.2) is 57.8 Å². The summed E-state index contributed by atoms with van der Waals surface area (Å²) in [5.74, 6) is -0.887. The van der Waals surface area contributed by atoms with Gasteiger partial charge >= 0.3 is 0 Å². The molecule has 0 N–H and O–H groups in total. The summed E-state index contributed by atoms with van der Waals surface area (Å²) in [6.07, 6.45) is 23.6. The molecular weight excluding hydrogens is 1360 g/mol. The summed E-state index contributed by atoms with van der Waals surface area (Å²) in [5, 5.41) is 0. The predicted molar refractivity (Wildman–Crippen MR) is 407 cm³/mol. The minimum absolute atomic E-state index is 0.0469. The van der Waals surface area contributed by atoms with E-state index in [0.29, 0.717) is 84.6 Å². The van der Waals surface area contributed by atoms with Gasteiger partial charge in [-0.15, -0.1) is 0 Å². The van der Waals surface area contributed by atoms with Crippen molar-refractivity contribution in [2.45, 2.75) is 190 Å². The van der Waals surface area contributed by atoms with Crippen LogP contribution in [0, 0.1) is 52.9 Å².